The van der Waals surface area contributed by atoms with Crippen LogP contribution in [0.3, 0.4) is 0 Å². The Morgan fingerprint density at radius 2 is 1.62 bits per heavy atom. The summed E-state index contributed by atoms with van der Waals surface area (Å²) in [4.78, 5) is 48.7. The van der Waals surface area contributed by atoms with E-state index in [2.05, 4.69) is 20.6 Å². The Labute approximate surface area is 273 Å². The first-order valence-electron chi connectivity index (χ1n) is 15.0. The minimum absolute atomic E-state index is 0.0461. The lowest BCUT2D eigenvalue weighted by atomic mass is 9.96. The van der Waals surface area contributed by atoms with Crippen molar-refractivity contribution >= 4 is 34.7 Å². The summed E-state index contributed by atoms with van der Waals surface area (Å²) in [6.45, 7) is 7.89. The fraction of sp³-hybridized carbons (Fsp3) is 0.229. The number of fused-ring (bicyclic) bond motifs is 1. The van der Waals surface area contributed by atoms with Gasteiger partial charge in [-0.25, -0.2) is 22.9 Å². The molecule has 0 fully saturated rings. The van der Waals surface area contributed by atoms with Gasteiger partial charge >= 0.3 is 6.09 Å². The topological polar surface area (TPSA) is 129 Å². The molecule has 0 spiro atoms. The molecule has 48 heavy (non-hydrogen) atoms. The lowest BCUT2D eigenvalue weighted by molar-refractivity contribution is 0.102. The van der Waals surface area contributed by atoms with Crippen LogP contribution < -0.4 is 16.2 Å². The normalized spacial score (nSPS) is 11.4. The molecule has 3 N–H and O–H groups in total. The van der Waals surface area contributed by atoms with Crippen molar-refractivity contribution < 1.29 is 27.9 Å². The molecule has 2 heterocycles. The van der Waals surface area contributed by atoms with Crippen molar-refractivity contribution in [2.75, 3.05) is 30.3 Å². The maximum atomic E-state index is 15.1. The van der Waals surface area contributed by atoms with Gasteiger partial charge in [0.25, 0.3) is 11.5 Å². The second kappa shape index (κ2) is 13.6. The zero-order chi connectivity index (χ0) is 34.7. The third-order valence-corrected chi connectivity index (χ3v) is 7.37. The van der Waals surface area contributed by atoms with E-state index < -0.39 is 40.7 Å². The average Bonchev–Trinajstić information content (AvgIpc) is 3.01. The van der Waals surface area contributed by atoms with E-state index in [0.29, 0.717) is 16.8 Å². The van der Waals surface area contributed by atoms with Crippen LogP contribution in [0.15, 0.2) is 77.6 Å². The largest absolute Gasteiger partial charge is 0.465 e. The molecule has 0 bridgehead atoms. The van der Waals surface area contributed by atoms with Crippen LogP contribution in [-0.2, 0) is 0 Å². The summed E-state index contributed by atoms with van der Waals surface area (Å²) < 4.78 is 44.4. The number of amides is 2. The second-order valence-corrected chi connectivity index (χ2v) is 12.4. The van der Waals surface area contributed by atoms with Crippen LogP contribution in [0.4, 0.5) is 29.6 Å². The first kappa shape index (κ1) is 33.6. The zero-order valence-corrected chi connectivity index (χ0v) is 26.6. The molecule has 248 valence electrons. The lowest BCUT2D eigenvalue weighted by Gasteiger charge is -2.27. The average molecular weight is 659 g/mol. The molecule has 5 rings (SSSR count). The van der Waals surface area contributed by atoms with Crippen molar-refractivity contribution in [3.05, 3.63) is 112 Å². The quantitative estimate of drug-likeness (QED) is 0.158. The predicted molar refractivity (Wildman–Crippen MR) is 177 cm³/mol. The van der Waals surface area contributed by atoms with Crippen molar-refractivity contribution in [2.45, 2.75) is 27.7 Å². The smallest absolute Gasteiger partial charge is 0.407 e. The minimum atomic E-state index is -1.11. The molecule has 13 heteroatoms. The molecule has 0 saturated heterocycles. The van der Waals surface area contributed by atoms with Crippen LogP contribution in [0.5, 0.6) is 0 Å². The maximum absolute atomic E-state index is 15.1. The van der Waals surface area contributed by atoms with E-state index in [1.54, 1.807) is 25.1 Å². The van der Waals surface area contributed by atoms with Gasteiger partial charge in [0.1, 0.15) is 23.1 Å². The molecule has 0 radical (unpaired) electrons. The molecule has 0 saturated carbocycles. The van der Waals surface area contributed by atoms with Gasteiger partial charge in [-0.3, -0.25) is 14.2 Å². The van der Waals surface area contributed by atoms with Gasteiger partial charge < -0.3 is 20.6 Å². The number of halogens is 3. The molecule has 2 amide bonds. The van der Waals surface area contributed by atoms with Crippen LogP contribution in [0.25, 0.3) is 28.0 Å². The number of hydrogen-bond donors (Lipinski definition) is 3. The number of aryl methyl sites for hydroxylation is 1. The second-order valence-electron chi connectivity index (χ2n) is 12.4. The van der Waals surface area contributed by atoms with E-state index >= 15 is 8.78 Å². The SMILES string of the molecule is Cc1ccc(C(=O)Nc2ccc(F)cc2)cc1-c1nc(NCCN(CC(C)(C)C)C(=O)O)nc2c1ccc(=O)n2-c1c(F)cccc1F. The van der Waals surface area contributed by atoms with E-state index in [-0.39, 0.29) is 53.3 Å². The Morgan fingerprint density at radius 3 is 2.27 bits per heavy atom. The van der Waals surface area contributed by atoms with E-state index in [1.165, 1.54) is 41.3 Å². The number of anilines is 2. The summed E-state index contributed by atoms with van der Waals surface area (Å²) in [5.74, 6) is -2.97. The number of pyridine rings is 1. The summed E-state index contributed by atoms with van der Waals surface area (Å²) in [7, 11) is 0. The standard InChI is InChI=1S/C35H33F3N6O4/c1-20-8-9-21(32(46)40-23-12-10-22(36)11-13-23)18-25(20)29-24-14-15-28(45)44(30-26(37)6-5-7-27(30)38)31(24)42-33(41-29)39-16-17-43(34(47)48)19-35(2,3)4/h5-15,18H,16-17,19H2,1-4H3,(H,40,46)(H,47,48)(H,39,41,42). The highest BCUT2D eigenvalue weighted by Crippen LogP contribution is 2.32. The number of carbonyl (C=O) groups excluding carboxylic acids is 1. The monoisotopic (exact) mass is 658 g/mol. The van der Waals surface area contributed by atoms with Gasteiger partial charge in [0.05, 0.1) is 5.69 Å². The van der Waals surface area contributed by atoms with E-state index in [1.807, 2.05) is 20.8 Å². The van der Waals surface area contributed by atoms with Crippen molar-refractivity contribution in [2.24, 2.45) is 5.41 Å². The van der Waals surface area contributed by atoms with Gasteiger partial charge in [0.2, 0.25) is 5.95 Å². The maximum Gasteiger partial charge on any atom is 0.407 e. The highest BCUT2D eigenvalue weighted by Gasteiger charge is 2.23. The highest BCUT2D eigenvalue weighted by atomic mass is 19.1. The number of nitrogens with zero attached hydrogens (tertiary/aromatic N) is 4. The van der Waals surface area contributed by atoms with Crippen molar-refractivity contribution in [3.63, 3.8) is 0 Å². The molecule has 0 aliphatic rings. The summed E-state index contributed by atoms with van der Waals surface area (Å²) in [6, 6.07) is 16.0. The lowest BCUT2D eigenvalue weighted by Crippen LogP contribution is -2.39. The Hall–Kier alpha value is -5.72. The molecule has 3 aromatic carbocycles. The fourth-order valence-corrected chi connectivity index (χ4v) is 5.19. The number of nitrogens with one attached hydrogen (secondary N) is 2. The molecule has 10 nitrogen and oxygen atoms in total. The highest BCUT2D eigenvalue weighted by molar-refractivity contribution is 6.05. The molecule has 0 aliphatic carbocycles. The number of carboxylic acid groups (broad SMARTS) is 1. The first-order chi connectivity index (χ1) is 22.7. The Bertz CT molecular complexity index is 2060. The van der Waals surface area contributed by atoms with Gasteiger partial charge in [-0.15, -0.1) is 0 Å². The van der Waals surface area contributed by atoms with Gasteiger partial charge in [-0.05, 0) is 72.5 Å². The van der Waals surface area contributed by atoms with Gasteiger partial charge in [-0.2, -0.15) is 4.98 Å². The van der Waals surface area contributed by atoms with E-state index in [0.717, 1.165) is 22.8 Å². The number of hydrogen-bond acceptors (Lipinski definition) is 6. The molecule has 0 atom stereocenters. The number of carbonyl (C=O) groups is 2. The minimum Gasteiger partial charge on any atom is -0.465 e. The molecule has 5 aromatic rings. The van der Waals surface area contributed by atoms with Gasteiger partial charge in [0.15, 0.2) is 5.65 Å². The Kier molecular flexibility index (Phi) is 9.50. The van der Waals surface area contributed by atoms with Crippen LogP contribution in [0.2, 0.25) is 0 Å². The van der Waals surface area contributed by atoms with Crippen molar-refractivity contribution in [1.29, 1.82) is 0 Å². The molecular weight excluding hydrogens is 625 g/mol. The number of para-hydroxylation sites is 1. The summed E-state index contributed by atoms with van der Waals surface area (Å²) in [5.41, 5.74) is 0.165. The number of rotatable bonds is 9. The van der Waals surface area contributed by atoms with Crippen molar-refractivity contribution in [1.82, 2.24) is 19.4 Å². The Morgan fingerprint density at radius 1 is 0.938 bits per heavy atom. The number of aromatic nitrogens is 3. The van der Waals surface area contributed by atoms with Gasteiger partial charge in [-0.1, -0.05) is 32.9 Å². The molecular formula is C35H33F3N6O4. The van der Waals surface area contributed by atoms with E-state index in [4.69, 9.17) is 0 Å². The summed E-state index contributed by atoms with van der Waals surface area (Å²) in [6.07, 6.45) is -1.11. The van der Waals surface area contributed by atoms with Crippen LogP contribution in [0, 0.1) is 29.8 Å². The van der Waals surface area contributed by atoms with Crippen LogP contribution >= 0.6 is 0 Å². The molecule has 0 aliphatic heterocycles. The first-order valence-corrected chi connectivity index (χ1v) is 15.0. The van der Waals surface area contributed by atoms with E-state index in [9.17, 15) is 23.9 Å². The Balaban J connectivity index is 1.64. The molecule has 2 aromatic heterocycles. The third kappa shape index (κ3) is 7.46. The summed E-state index contributed by atoms with van der Waals surface area (Å²) >= 11 is 0. The van der Waals surface area contributed by atoms with Gasteiger partial charge in [0, 0.05) is 47.9 Å². The van der Waals surface area contributed by atoms with Crippen LogP contribution in [0.1, 0.15) is 36.7 Å². The zero-order valence-electron chi connectivity index (χ0n) is 26.6. The fourth-order valence-electron chi connectivity index (χ4n) is 5.19. The molecule has 0 unspecified atom stereocenters. The summed E-state index contributed by atoms with van der Waals surface area (Å²) in [5, 5.41) is 15.7. The van der Waals surface area contributed by atoms with Crippen molar-refractivity contribution in [3.8, 4) is 16.9 Å². The predicted octanol–water partition coefficient (Wildman–Crippen LogP) is 6.86. The van der Waals surface area contributed by atoms with Crippen LogP contribution in [-0.4, -0.2) is 56.2 Å². The number of benzene rings is 3. The third-order valence-electron chi connectivity index (χ3n) is 7.37.